The van der Waals surface area contributed by atoms with Gasteiger partial charge in [0.1, 0.15) is 0 Å². The molecule has 7 aromatic carbocycles. The van der Waals surface area contributed by atoms with Gasteiger partial charge < -0.3 is 0 Å². The van der Waals surface area contributed by atoms with Gasteiger partial charge in [0, 0.05) is 42.3 Å². The molecule has 9 aromatic rings. The van der Waals surface area contributed by atoms with E-state index in [0.717, 1.165) is 16.7 Å². The Bertz CT molecular complexity index is 2760. The zero-order valence-corrected chi connectivity index (χ0v) is 29.7. The van der Waals surface area contributed by atoms with Crippen molar-refractivity contribution in [3.8, 4) is 67.5 Å². The van der Waals surface area contributed by atoms with Crippen LogP contribution in [0.25, 0.3) is 87.7 Å². The smallest absolute Gasteiger partial charge is 0.164 e. The highest BCUT2D eigenvalue weighted by atomic mass is 32.1. The van der Waals surface area contributed by atoms with E-state index in [4.69, 9.17) is 15.0 Å². The van der Waals surface area contributed by atoms with Crippen LogP contribution in [-0.4, -0.2) is 15.0 Å². The Hall–Kier alpha value is -6.23. The lowest BCUT2D eigenvalue weighted by atomic mass is 9.82. The summed E-state index contributed by atoms with van der Waals surface area (Å²) in [4.78, 5) is 15.1. The molecule has 52 heavy (non-hydrogen) atoms. The van der Waals surface area contributed by atoms with Crippen LogP contribution >= 0.6 is 11.3 Å². The fourth-order valence-electron chi connectivity index (χ4n) is 7.90. The minimum Gasteiger partial charge on any atom is -0.208 e. The summed E-state index contributed by atoms with van der Waals surface area (Å²) in [7, 11) is 0. The second-order valence-corrected chi connectivity index (χ2v) is 15.1. The molecule has 0 spiro atoms. The number of hydrogen-bond donors (Lipinski definition) is 0. The fraction of sp³-hybridized carbons (Fsp3) is 0.0625. The normalized spacial score (nSPS) is 13.0. The van der Waals surface area contributed by atoms with Crippen LogP contribution in [0.4, 0.5) is 0 Å². The topological polar surface area (TPSA) is 38.7 Å². The van der Waals surface area contributed by atoms with Gasteiger partial charge in [-0.3, -0.25) is 0 Å². The highest BCUT2D eigenvalue weighted by Crippen LogP contribution is 2.49. The van der Waals surface area contributed by atoms with Crippen LogP contribution in [0.2, 0.25) is 0 Å². The predicted molar refractivity (Wildman–Crippen MR) is 217 cm³/mol. The third kappa shape index (κ3) is 4.98. The highest BCUT2D eigenvalue weighted by molar-refractivity contribution is 7.26. The van der Waals surface area contributed by atoms with Crippen LogP contribution in [0.3, 0.4) is 0 Å². The summed E-state index contributed by atoms with van der Waals surface area (Å²) < 4.78 is 2.45. The van der Waals surface area contributed by atoms with Gasteiger partial charge in [-0.1, -0.05) is 147 Å². The average Bonchev–Trinajstić information content (AvgIpc) is 3.70. The average molecular weight is 684 g/mol. The molecule has 1 aliphatic carbocycles. The molecule has 10 rings (SSSR count). The van der Waals surface area contributed by atoms with Crippen LogP contribution in [-0.2, 0) is 5.41 Å². The number of nitrogens with zero attached hydrogens (tertiary/aromatic N) is 3. The lowest BCUT2D eigenvalue weighted by molar-refractivity contribution is 0.660. The van der Waals surface area contributed by atoms with Crippen molar-refractivity contribution in [1.82, 2.24) is 15.0 Å². The Kier molecular flexibility index (Phi) is 7.02. The van der Waals surface area contributed by atoms with Gasteiger partial charge in [0.25, 0.3) is 0 Å². The summed E-state index contributed by atoms with van der Waals surface area (Å²) in [5, 5.41) is 2.38. The molecule has 0 unspecified atom stereocenters. The molecule has 3 nitrogen and oxygen atoms in total. The van der Waals surface area contributed by atoms with E-state index in [-0.39, 0.29) is 5.41 Å². The van der Waals surface area contributed by atoms with Crippen molar-refractivity contribution < 1.29 is 0 Å². The third-order valence-corrected chi connectivity index (χ3v) is 11.7. The van der Waals surface area contributed by atoms with Gasteiger partial charge in [-0.2, -0.15) is 0 Å². The Morgan fingerprint density at radius 3 is 1.65 bits per heavy atom. The maximum absolute atomic E-state index is 5.09. The lowest BCUT2D eigenvalue weighted by Gasteiger charge is -2.21. The van der Waals surface area contributed by atoms with Gasteiger partial charge in [0.15, 0.2) is 17.5 Å². The summed E-state index contributed by atoms with van der Waals surface area (Å²) in [5.41, 5.74) is 13.2. The van der Waals surface area contributed by atoms with Crippen molar-refractivity contribution in [2.45, 2.75) is 19.3 Å². The number of aromatic nitrogens is 3. The Labute approximate surface area is 307 Å². The van der Waals surface area contributed by atoms with Crippen LogP contribution in [0.5, 0.6) is 0 Å². The van der Waals surface area contributed by atoms with Crippen LogP contribution in [0, 0.1) is 0 Å². The first-order chi connectivity index (χ1) is 25.5. The number of rotatable bonds is 5. The molecule has 0 N–H and O–H groups in total. The first-order valence-corrected chi connectivity index (χ1v) is 18.5. The molecule has 0 fully saturated rings. The molecular formula is C48H33N3S. The molecule has 246 valence electrons. The van der Waals surface area contributed by atoms with Crippen molar-refractivity contribution in [2.75, 3.05) is 0 Å². The second-order valence-electron chi connectivity index (χ2n) is 14.0. The van der Waals surface area contributed by atoms with Crippen LogP contribution in [0.15, 0.2) is 164 Å². The monoisotopic (exact) mass is 683 g/mol. The van der Waals surface area contributed by atoms with Gasteiger partial charge in [-0.25, -0.2) is 15.0 Å². The number of benzene rings is 7. The van der Waals surface area contributed by atoms with E-state index in [2.05, 4.69) is 141 Å². The summed E-state index contributed by atoms with van der Waals surface area (Å²) in [6, 6.07) is 58.4. The van der Waals surface area contributed by atoms with Gasteiger partial charge in [-0.15, -0.1) is 11.3 Å². The summed E-state index contributed by atoms with van der Waals surface area (Å²) in [6.45, 7) is 4.66. The van der Waals surface area contributed by atoms with Crippen LogP contribution in [0.1, 0.15) is 25.0 Å². The molecule has 0 saturated carbocycles. The number of fused-ring (bicyclic) bond motifs is 6. The molecule has 0 aliphatic heterocycles. The highest BCUT2D eigenvalue weighted by Gasteiger charge is 2.35. The summed E-state index contributed by atoms with van der Waals surface area (Å²) in [6.07, 6.45) is 0. The summed E-state index contributed by atoms with van der Waals surface area (Å²) in [5.74, 6) is 2.00. The zero-order valence-electron chi connectivity index (χ0n) is 28.8. The molecule has 1 aliphatic rings. The van der Waals surface area contributed by atoms with Gasteiger partial charge in [0.2, 0.25) is 0 Å². The Morgan fingerprint density at radius 1 is 0.385 bits per heavy atom. The van der Waals surface area contributed by atoms with Crippen LogP contribution < -0.4 is 0 Å². The number of hydrogen-bond acceptors (Lipinski definition) is 4. The van der Waals surface area contributed by atoms with Crippen molar-refractivity contribution >= 4 is 31.5 Å². The summed E-state index contributed by atoms with van der Waals surface area (Å²) >= 11 is 1.81. The SMILES string of the molecule is CC1(C)c2ccccc2-c2cc(-c3cccc(-c4ccc5sc6cccc(-c7nc(-c8ccccc8)nc(-c8ccccc8)n7)c6c5c4)c3)ccc21. The Morgan fingerprint density at radius 2 is 0.923 bits per heavy atom. The van der Waals surface area contributed by atoms with E-state index in [1.54, 1.807) is 0 Å². The van der Waals surface area contributed by atoms with Crippen molar-refractivity contribution in [2.24, 2.45) is 0 Å². The molecule has 2 aromatic heterocycles. The molecule has 0 saturated heterocycles. The van der Waals surface area contributed by atoms with E-state index in [1.165, 1.54) is 64.7 Å². The van der Waals surface area contributed by atoms with Crippen molar-refractivity contribution in [1.29, 1.82) is 0 Å². The van der Waals surface area contributed by atoms with E-state index >= 15 is 0 Å². The van der Waals surface area contributed by atoms with E-state index in [0.29, 0.717) is 17.5 Å². The van der Waals surface area contributed by atoms with E-state index < -0.39 is 0 Å². The maximum Gasteiger partial charge on any atom is 0.164 e. The van der Waals surface area contributed by atoms with Gasteiger partial charge in [-0.05, 0) is 74.8 Å². The maximum atomic E-state index is 5.09. The lowest BCUT2D eigenvalue weighted by Crippen LogP contribution is -2.14. The Balaban J connectivity index is 1.10. The molecule has 0 amide bonds. The quantitative estimate of drug-likeness (QED) is 0.181. The second kappa shape index (κ2) is 11.9. The van der Waals surface area contributed by atoms with Crippen molar-refractivity contribution in [3.05, 3.63) is 175 Å². The molecule has 2 heterocycles. The van der Waals surface area contributed by atoms with Gasteiger partial charge >= 0.3 is 0 Å². The third-order valence-electron chi connectivity index (χ3n) is 10.5. The zero-order chi connectivity index (χ0) is 34.8. The van der Waals surface area contributed by atoms with Crippen molar-refractivity contribution in [3.63, 3.8) is 0 Å². The fourth-order valence-corrected chi connectivity index (χ4v) is 9.01. The largest absolute Gasteiger partial charge is 0.208 e. The predicted octanol–water partition coefficient (Wildman–Crippen LogP) is 12.9. The first kappa shape index (κ1) is 30.6. The minimum absolute atomic E-state index is 0.00257. The van der Waals surface area contributed by atoms with E-state index in [9.17, 15) is 0 Å². The minimum atomic E-state index is -0.00257. The van der Waals surface area contributed by atoms with Gasteiger partial charge in [0.05, 0.1) is 0 Å². The standard InChI is InChI=1S/C48H33N3S/c1-48(2)40-21-10-9-19-36(40)38-28-34(23-25-41(38)48)32-17-11-18-33(27-32)35-24-26-42-39(29-35)44-37(20-12-22-43(44)52-42)47-50-45(30-13-5-3-6-14-30)49-46(51-47)31-15-7-4-8-16-31/h3-29H,1-2H3. The molecular weight excluding hydrogens is 651 g/mol. The molecule has 0 atom stereocenters. The molecule has 0 radical (unpaired) electrons. The van der Waals surface area contributed by atoms with E-state index in [1.807, 2.05) is 47.7 Å². The molecule has 4 heteroatoms. The first-order valence-electron chi connectivity index (χ1n) is 17.7. The number of thiophene rings is 1. The molecule has 0 bridgehead atoms.